The van der Waals surface area contributed by atoms with E-state index in [0.717, 1.165) is 25.1 Å². The summed E-state index contributed by atoms with van der Waals surface area (Å²) in [5, 5.41) is 11.2. The number of oxime groups is 1. The van der Waals surface area contributed by atoms with Crippen LogP contribution in [0.5, 0.6) is 0 Å². The lowest BCUT2D eigenvalue weighted by Crippen LogP contribution is -2.24. The minimum Gasteiger partial charge on any atom is -0.411 e. The Morgan fingerprint density at radius 2 is 2.60 bits per heavy atom. The highest BCUT2D eigenvalue weighted by Gasteiger charge is 2.04. The van der Waals surface area contributed by atoms with Gasteiger partial charge in [0.1, 0.15) is 0 Å². The molecule has 0 radical (unpaired) electrons. The van der Waals surface area contributed by atoms with Crippen LogP contribution in [0.3, 0.4) is 0 Å². The first-order valence-corrected chi connectivity index (χ1v) is 3.38. The Hall–Kier alpha value is -0.830. The van der Waals surface area contributed by atoms with Crippen LogP contribution >= 0.6 is 0 Å². The second kappa shape index (κ2) is 3.37. The molecule has 1 rings (SSSR count). The second-order valence-electron chi connectivity index (χ2n) is 2.54. The maximum absolute atomic E-state index is 8.20. The number of hydrogen-bond donors (Lipinski definition) is 1. The Kier molecular flexibility index (Phi) is 2.45. The van der Waals surface area contributed by atoms with Gasteiger partial charge < -0.3 is 10.1 Å². The lowest BCUT2D eigenvalue weighted by Gasteiger charge is -2.19. The average Bonchev–Trinajstić information content (AvgIpc) is 1.95. The quantitative estimate of drug-likeness (QED) is 0.331. The van der Waals surface area contributed by atoms with Gasteiger partial charge in [0.05, 0.1) is 6.21 Å². The van der Waals surface area contributed by atoms with Crippen molar-refractivity contribution in [3.05, 3.63) is 11.6 Å². The normalized spacial score (nSPS) is 21.5. The Morgan fingerprint density at radius 3 is 3.10 bits per heavy atom. The maximum Gasteiger partial charge on any atom is 0.0691 e. The van der Waals surface area contributed by atoms with Crippen molar-refractivity contribution in [1.29, 1.82) is 0 Å². The molecule has 0 aromatic rings. The first-order chi connectivity index (χ1) is 4.83. The van der Waals surface area contributed by atoms with Gasteiger partial charge in [0.25, 0.3) is 0 Å². The lowest BCUT2D eigenvalue weighted by atomic mass is 10.1. The third kappa shape index (κ3) is 1.84. The van der Waals surface area contributed by atoms with Crippen LogP contribution in [0, 0.1) is 0 Å². The molecule has 3 nitrogen and oxygen atoms in total. The predicted molar refractivity (Wildman–Crippen MR) is 40.5 cm³/mol. The fourth-order valence-corrected chi connectivity index (χ4v) is 0.978. The second-order valence-corrected chi connectivity index (χ2v) is 2.54. The van der Waals surface area contributed by atoms with Crippen molar-refractivity contribution in [1.82, 2.24) is 4.90 Å². The van der Waals surface area contributed by atoms with Crippen LogP contribution in [0.4, 0.5) is 0 Å². The molecule has 0 spiro atoms. The Bertz CT molecular complexity index is 163. The number of hydrogen-bond acceptors (Lipinski definition) is 3. The summed E-state index contributed by atoms with van der Waals surface area (Å²) in [5.41, 5.74) is 1.13. The predicted octanol–water partition coefficient (Wildman–Crippen LogP) is 0.708. The summed E-state index contributed by atoms with van der Waals surface area (Å²) in [6, 6.07) is 0. The molecule has 1 aliphatic rings. The largest absolute Gasteiger partial charge is 0.411 e. The van der Waals surface area contributed by atoms with Crippen molar-refractivity contribution in [2.75, 3.05) is 20.1 Å². The smallest absolute Gasteiger partial charge is 0.0691 e. The monoisotopic (exact) mass is 140 g/mol. The van der Waals surface area contributed by atoms with Gasteiger partial charge in [-0.05, 0) is 19.0 Å². The Balaban J connectivity index is 2.48. The summed E-state index contributed by atoms with van der Waals surface area (Å²) in [7, 11) is 2.07. The molecule has 0 aromatic carbocycles. The molecule has 1 N–H and O–H groups in total. The van der Waals surface area contributed by atoms with Gasteiger partial charge in [-0.2, -0.15) is 0 Å². The molecule has 0 bridgehead atoms. The highest BCUT2D eigenvalue weighted by atomic mass is 16.4. The van der Waals surface area contributed by atoms with Crippen molar-refractivity contribution in [2.45, 2.75) is 6.42 Å². The van der Waals surface area contributed by atoms with Crippen LogP contribution in [0.2, 0.25) is 0 Å². The highest BCUT2D eigenvalue weighted by Crippen LogP contribution is 2.05. The van der Waals surface area contributed by atoms with Crippen LogP contribution in [-0.4, -0.2) is 36.5 Å². The first kappa shape index (κ1) is 7.28. The van der Waals surface area contributed by atoms with Gasteiger partial charge in [-0.25, -0.2) is 0 Å². The van der Waals surface area contributed by atoms with Crippen molar-refractivity contribution >= 4 is 6.21 Å². The SMILES string of the molecule is CN1CC=C(C=NO)CC1. The number of likely N-dealkylation sites (N-methyl/N-ethyl adjacent to an activating group) is 1. The molecule has 0 aromatic heterocycles. The van der Waals surface area contributed by atoms with Crippen molar-refractivity contribution in [3.8, 4) is 0 Å². The van der Waals surface area contributed by atoms with Crippen LogP contribution in [-0.2, 0) is 0 Å². The molecule has 0 saturated heterocycles. The number of nitrogens with zero attached hydrogens (tertiary/aromatic N) is 2. The molecule has 1 aliphatic heterocycles. The summed E-state index contributed by atoms with van der Waals surface area (Å²) in [6.07, 6.45) is 4.57. The summed E-state index contributed by atoms with van der Waals surface area (Å²) < 4.78 is 0. The van der Waals surface area contributed by atoms with Gasteiger partial charge in [-0.1, -0.05) is 11.2 Å². The van der Waals surface area contributed by atoms with Crippen LogP contribution in [0.15, 0.2) is 16.8 Å². The van der Waals surface area contributed by atoms with Gasteiger partial charge in [0.2, 0.25) is 0 Å². The summed E-state index contributed by atoms with van der Waals surface area (Å²) in [4.78, 5) is 2.22. The standard InChI is InChI=1S/C7H12N2O/c1-9-4-2-7(3-5-9)6-8-10/h2,6,10H,3-5H2,1H3. The lowest BCUT2D eigenvalue weighted by molar-refractivity contribution is 0.320. The molecule has 0 unspecified atom stereocenters. The molecular weight excluding hydrogens is 128 g/mol. The van der Waals surface area contributed by atoms with Gasteiger partial charge in [0, 0.05) is 13.1 Å². The van der Waals surface area contributed by atoms with Crippen molar-refractivity contribution in [3.63, 3.8) is 0 Å². The van der Waals surface area contributed by atoms with Gasteiger partial charge in [0.15, 0.2) is 0 Å². The molecular formula is C7H12N2O. The average molecular weight is 140 g/mol. The molecule has 3 heteroatoms. The molecule has 0 amide bonds. The number of rotatable bonds is 1. The van der Waals surface area contributed by atoms with E-state index in [-0.39, 0.29) is 0 Å². The molecule has 10 heavy (non-hydrogen) atoms. The Morgan fingerprint density at radius 1 is 1.80 bits per heavy atom. The summed E-state index contributed by atoms with van der Waals surface area (Å²) in [5.74, 6) is 0. The zero-order chi connectivity index (χ0) is 7.40. The molecule has 0 fully saturated rings. The van der Waals surface area contributed by atoms with Crippen LogP contribution < -0.4 is 0 Å². The summed E-state index contributed by atoms with van der Waals surface area (Å²) >= 11 is 0. The van der Waals surface area contributed by atoms with E-state index < -0.39 is 0 Å². The minimum atomic E-state index is 0.960. The first-order valence-electron chi connectivity index (χ1n) is 3.38. The Labute approximate surface area is 60.6 Å². The van der Waals surface area contributed by atoms with Crippen LogP contribution in [0.25, 0.3) is 0 Å². The fourth-order valence-electron chi connectivity index (χ4n) is 0.978. The topological polar surface area (TPSA) is 35.8 Å². The molecule has 0 aliphatic carbocycles. The molecule has 0 saturated carbocycles. The van der Waals surface area contributed by atoms with Crippen LogP contribution in [0.1, 0.15) is 6.42 Å². The fraction of sp³-hybridized carbons (Fsp3) is 0.571. The van der Waals surface area contributed by atoms with E-state index in [2.05, 4.69) is 23.2 Å². The van der Waals surface area contributed by atoms with E-state index >= 15 is 0 Å². The third-order valence-electron chi connectivity index (χ3n) is 1.67. The van der Waals surface area contributed by atoms with E-state index in [1.807, 2.05) is 0 Å². The third-order valence-corrected chi connectivity index (χ3v) is 1.67. The van der Waals surface area contributed by atoms with E-state index in [1.165, 1.54) is 6.21 Å². The van der Waals surface area contributed by atoms with E-state index in [9.17, 15) is 0 Å². The maximum atomic E-state index is 8.20. The van der Waals surface area contributed by atoms with E-state index in [4.69, 9.17) is 5.21 Å². The summed E-state index contributed by atoms with van der Waals surface area (Å²) in [6.45, 7) is 2.01. The molecule has 56 valence electrons. The molecule has 1 heterocycles. The minimum absolute atomic E-state index is 0.960. The van der Waals surface area contributed by atoms with Gasteiger partial charge >= 0.3 is 0 Å². The van der Waals surface area contributed by atoms with Crippen molar-refractivity contribution < 1.29 is 5.21 Å². The zero-order valence-corrected chi connectivity index (χ0v) is 6.12. The molecule has 0 atom stereocenters. The highest BCUT2D eigenvalue weighted by molar-refractivity contribution is 5.78. The van der Waals surface area contributed by atoms with E-state index in [1.54, 1.807) is 0 Å². The van der Waals surface area contributed by atoms with Gasteiger partial charge in [-0.15, -0.1) is 0 Å². The van der Waals surface area contributed by atoms with E-state index in [0.29, 0.717) is 0 Å². The van der Waals surface area contributed by atoms with Gasteiger partial charge in [-0.3, -0.25) is 0 Å². The zero-order valence-electron chi connectivity index (χ0n) is 6.12. The van der Waals surface area contributed by atoms with Crippen molar-refractivity contribution in [2.24, 2.45) is 5.16 Å².